The van der Waals surface area contributed by atoms with Crippen LogP contribution in [-0.2, 0) is 14.8 Å². The number of carbonyl (C=O) groups is 1. The zero-order valence-corrected chi connectivity index (χ0v) is 14.3. The Morgan fingerprint density at radius 1 is 1.08 bits per heavy atom. The molecule has 0 spiro atoms. The highest BCUT2D eigenvalue weighted by atomic mass is 35.5. The summed E-state index contributed by atoms with van der Waals surface area (Å²) in [6, 6.07) is 14.3. The number of primary amides is 1. The number of halogens is 1. The minimum atomic E-state index is -3.66. The van der Waals surface area contributed by atoms with Crippen LogP contribution in [0.1, 0.15) is 11.6 Å². The van der Waals surface area contributed by atoms with E-state index in [1.165, 1.54) is 12.1 Å². The van der Waals surface area contributed by atoms with Gasteiger partial charge in [-0.05, 0) is 23.8 Å². The van der Waals surface area contributed by atoms with Crippen molar-refractivity contribution < 1.29 is 13.2 Å². The van der Waals surface area contributed by atoms with E-state index < -0.39 is 22.0 Å². The average Bonchev–Trinajstić information content (AvgIpc) is 2.55. The van der Waals surface area contributed by atoms with E-state index in [1.54, 1.807) is 36.4 Å². The summed E-state index contributed by atoms with van der Waals surface area (Å²) >= 11 is 5.80. The van der Waals surface area contributed by atoms with Gasteiger partial charge in [0.2, 0.25) is 15.9 Å². The Labute approximate surface area is 146 Å². The molecule has 0 fully saturated rings. The lowest BCUT2D eigenvalue weighted by atomic mass is 10.1. The van der Waals surface area contributed by atoms with E-state index in [2.05, 4.69) is 10.0 Å². The van der Waals surface area contributed by atoms with Crippen LogP contribution in [0.3, 0.4) is 0 Å². The van der Waals surface area contributed by atoms with E-state index in [0.29, 0.717) is 5.02 Å². The molecule has 4 N–H and O–H groups in total. The summed E-state index contributed by atoms with van der Waals surface area (Å²) in [5, 5.41) is 3.28. The van der Waals surface area contributed by atoms with E-state index in [4.69, 9.17) is 17.3 Å². The van der Waals surface area contributed by atoms with Crippen LogP contribution in [0.15, 0.2) is 59.5 Å². The second-order valence-electron chi connectivity index (χ2n) is 5.06. The molecule has 8 heteroatoms. The van der Waals surface area contributed by atoms with E-state index in [0.717, 1.165) is 5.56 Å². The molecule has 0 aliphatic carbocycles. The fourth-order valence-corrected chi connectivity index (χ4v) is 3.48. The Balaban J connectivity index is 1.92. The van der Waals surface area contributed by atoms with Crippen LogP contribution >= 0.6 is 11.6 Å². The molecule has 1 atom stereocenters. The van der Waals surface area contributed by atoms with Gasteiger partial charge < -0.3 is 11.1 Å². The highest BCUT2D eigenvalue weighted by Gasteiger charge is 2.17. The van der Waals surface area contributed by atoms with Crippen molar-refractivity contribution in [2.45, 2.75) is 10.9 Å². The van der Waals surface area contributed by atoms with Gasteiger partial charge in [-0.1, -0.05) is 48.0 Å². The molecular formula is C16H18ClN3O3S. The van der Waals surface area contributed by atoms with Crippen molar-refractivity contribution in [1.82, 2.24) is 10.0 Å². The molecule has 2 aromatic rings. The number of rotatable bonds is 8. The fourth-order valence-electron chi connectivity index (χ4n) is 2.15. The molecule has 0 aliphatic rings. The zero-order chi connectivity index (χ0) is 17.6. The lowest BCUT2D eigenvalue weighted by molar-refractivity contribution is -0.120. The topological polar surface area (TPSA) is 101 Å². The minimum absolute atomic E-state index is 0.0875. The van der Waals surface area contributed by atoms with Gasteiger partial charge in [0.05, 0.1) is 4.90 Å². The first-order chi connectivity index (χ1) is 11.4. The van der Waals surface area contributed by atoms with Crippen LogP contribution in [0.4, 0.5) is 0 Å². The van der Waals surface area contributed by atoms with Gasteiger partial charge in [0.15, 0.2) is 0 Å². The fraction of sp³-hybridized carbons (Fsp3) is 0.188. The van der Waals surface area contributed by atoms with Gasteiger partial charge in [-0.2, -0.15) is 0 Å². The number of benzene rings is 2. The molecule has 128 valence electrons. The standard InChI is InChI=1S/C16H18ClN3O3S/c17-13-7-4-8-14(11-13)24(22,23)20-10-9-19-15(16(18)21)12-5-2-1-3-6-12/h1-8,11,15,19-20H,9-10H2,(H2,18,21)/t15-/m0/s1. The van der Waals surface area contributed by atoms with Gasteiger partial charge in [-0.25, -0.2) is 13.1 Å². The van der Waals surface area contributed by atoms with Crippen molar-refractivity contribution in [3.8, 4) is 0 Å². The summed E-state index contributed by atoms with van der Waals surface area (Å²) in [5.74, 6) is -0.529. The molecular weight excluding hydrogens is 350 g/mol. The lowest BCUT2D eigenvalue weighted by Gasteiger charge is -2.16. The normalized spacial score (nSPS) is 12.7. The highest BCUT2D eigenvalue weighted by Crippen LogP contribution is 2.15. The van der Waals surface area contributed by atoms with Crippen LogP contribution in [0.25, 0.3) is 0 Å². The predicted octanol–water partition coefficient (Wildman–Crippen LogP) is 1.43. The number of hydrogen-bond acceptors (Lipinski definition) is 4. The molecule has 0 saturated carbocycles. The second-order valence-corrected chi connectivity index (χ2v) is 7.26. The quantitative estimate of drug-likeness (QED) is 0.614. The number of nitrogens with two attached hydrogens (primary N) is 1. The van der Waals surface area contributed by atoms with Crippen molar-refractivity contribution in [2.75, 3.05) is 13.1 Å². The summed E-state index contributed by atoms with van der Waals surface area (Å²) in [4.78, 5) is 11.6. The van der Waals surface area contributed by atoms with Crippen LogP contribution in [0, 0.1) is 0 Å². The molecule has 24 heavy (non-hydrogen) atoms. The number of nitrogens with one attached hydrogen (secondary N) is 2. The zero-order valence-electron chi connectivity index (χ0n) is 12.8. The summed E-state index contributed by atoms with van der Waals surface area (Å²) in [7, 11) is -3.66. The van der Waals surface area contributed by atoms with Gasteiger partial charge in [-0.15, -0.1) is 0 Å². The molecule has 0 saturated heterocycles. The van der Waals surface area contributed by atoms with Crippen molar-refractivity contribution in [3.63, 3.8) is 0 Å². The van der Waals surface area contributed by atoms with E-state index in [-0.39, 0.29) is 18.0 Å². The monoisotopic (exact) mass is 367 g/mol. The van der Waals surface area contributed by atoms with Crippen LogP contribution in [-0.4, -0.2) is 27.4 Å². The van der Waals surface area contributed by atoms with Crippen molar-refractivity contribution in [1.29, 1.82) is 0 Å². The van der Waals surface area contributed by atoms with Crippen LogP contribution in [0.5, 0.6) is 0 Å². The Kier molecular flexibility index (Phi) is 6.33. The summed E-state index contributed by atoms with van der Waals surface area (Å²) in [6.45, 7) is 0.341. The minimum Gasteiger partial charge on any atom is -0.368 e. The Morgan fingerprint density at radius 3 is 2.42 bits per heavy atom. The van der Waals surface area contributed by atoms with Crippen molar-refractivity contribution in [2.24, 2.45) is 5.73 Å². The largest absolute Gasteiger partial charge is 0.368 e. The molecule has 0 radical (unpaired) electrons. The maximum absolute atomic E-state index is 12.1. The summed E-state index contributed by atoms with van der Waals surface area (Å²) in [5.41, 5.74) is 6.11. The predicted molar refractivity (Wildman–Crippen MR) is 93.0 cm³/mol. The molecule has 1 amide bonds. The maximum Gasteiger partial charge on any atom is 0.240 e. The number of amides is 1. The maximum atomic E-state index is 12.1. The SMILES string of the molecule is NC(=O)[C@@H](NCCNS(=O)(=O)c1cccc(Cl)c1)c1ccccc1. The average molecular weight is 368 g/mol. The van der Waals surface area contributed by atoms with Crippen molar-refractivity contribution in [3.05, 3.63) is 65.2 Å². The van der Waals surface area contributed by atoms with Gasteiger partial charge in [0.1, 0.15) is 6.04 Å². The molecule has 0 heterocycles. The second kappa shape index (κ2) is 8.25. The van der Waals surface area contributed by atoms with Gasteiger partial charge >= 0.3 is 0 Å². The first kappa shape index (κ1) is 18.4. The number of sulfonamides is 1. The molecule has 0 aliphatic heterocycles. The molecule has 2 rings (SSSR count). The van der Waals surface area contributed by atoms with E-state index >= 15 is 0 Å². The highest BCUT2D eigenvalue weighted by molar-refractivity contribution is 7.89. The molecule has 0 unspecified atom stereocenters. The van der Waals surface area contributed by atoms with Crippen LogP contribution < -0.4 is 15.8 Å². The summed E-state index contributed by atoms with van der Waals surface area (Å²) < 4.78 is 26.7. The Bertz CT molecular complexity index is 797. The van der Waals surface area contributed by atoms with Crippen molar-refractivity contribution >= 4 is 27.5 Å². The number of carbonyl (C=O) groups excluding carboxylic acids is 1. The van der Waals surface area contributed by atoms with Gasteiger partial charge in [0, 0.05) is 18.1 Å². The smallest absolute Gasteiger partial charge is 0.240 e. The molecule has 0 aromatic heterocycles. The lowest BCUT2D eigenvalue weighted by Crippen LogP contribution is -2.38. The van der Waals surface area contributed by atoms with Gasteiger partial charge in [0.25, 0.3) is 0 Å². The van der Waals surface area contributed by atoms with E-state index in [9.17, 15) is 13.2 Å². The first-order valence-corrected chi connectivity index (χ1v) is 9.09. The van der Waals surface area contributed by atoms with E-state index in [1.807, 2.05) is 6.07 Å². The Morgan fingerprint density at radius 2 is 1.79 bits per heavy atom. The number of hydrogen-bond donors (Lipinski definition) is 3. The van der Waals surface area contributed by atoms with Gasteiger partial charge in [-0.3, -0.25) is 4.79 Å². The first-order valence-electron chi connectivity index (χ1n) is 7.23. The third kappa shape index (κ3) is 5.04. The Hall–Kier alpha value is -1.93. The third-order valence-electron chi connectivity index (χ3n) is 3.29. The summed E-state index contributed by atoms with van der Waals surface area (Å²) in [6.07, 6.45) is 0. The molecule has 2 aromatic carbocycles. The molecule has 0 bridgehead atoms. The van der Waals surface area contributed by atoms with Crippen LogP contribution in [0.2, 0.25) is 5.02 Å². The molecule has 6 nitrogen and oxygen atoms in total. The third-order valence-corrected chi connectivity index (χ3v) is 4.98.